The van der Waals surface area contributed by atoms with Crippen molar-refractivity contribution in [2.75, 3.05) is 19.9 Å². The maximum absolute atomic E-state index is 12.7. The van der Waals surface area contributed by atoms with Crippen LogP contribution in [0.2, 0.25) is 0 Å². The summed E-state index contributed by atoms with van der Waals surface area (Å²) < 4.78 is 16.6. The molecule has 29 heavy (non-hydrogen) atoms. The Hall–Kier alpha value is -2.69. The summed E-state index contributed by atoms with van der Waals surface area (Å²) >= 11 is 0. The lowest BCUT2D eigenvalue weighted by Gasteiger charge is -2.38. The molecule has 152 valence electrons. The van der Waals surface area contributed by atoms with Crippen LogP contribution in [0, 0.1) is 0 Å². The molecule has 5 rings (SSSR count). The summed E-state index contributed by atoms with van der Waals surface area (Å²) in [5.41, 5.74) is 3.48. The molecule has 0 bridgehead atoms. The molecule has 3 aliphatic rings. The van der Waals surface area contributed by atoms with Crippen LogP contribution in [0.5, 0.6) is 17.2 Å². The Morgan fingerprint density at radius 2 is 1.76 bits per heavy atom. The molecular formula is C24H27NO4. The van der Waals surface area contributed by atoms with Crippen LogP contribution >= 0.6 is 0 Å². The first-order chi connectivity index (χ1) is 14.2. The maximum Gasteiger partial charge on any atom is 0.231 e. The largest absolute Gasteiger partial charge is 0.493 e. The molecule has 2 heterocycles. The molecule has 0 atom stereocenters. The van der Waals surface area contributed by atoms with Crippen LogP contribution in [0.1, 0.15) is 48.8 Å². The number of rotatable bonds is 5. The lowest BCUT2D eigenvalue weighted by molar-refractivity contribution is -0.120. The molecule has 1 aliphatic carbocycles. The monoisotopic (exact) mass is 393 g/mol. The molecule has 2 aliphatic heterocycles. The van der Waals surface area contributed by atoms with E-state index >= 15 is 0 Å². The highest BCUT2D eigenvalue weighted by Crippen LogP contribution is 2.43. The highest BCUT2D eigenvalue weighted by molar-refractivity contribution is 5.78. The van der Waals surface area contributed by atoms with E-state index in [0.717, 1.165) is 48.7 Å². The molecule has 1 saturated carbocycles. The number of hydrogen-bond donors (Lipinski definition) is 1. The lowest BCUT2D eigenvalue weighted by atomic mass is 9.69. The summed E-state index contributed by atoms with van der Waals surface area (Å²) in [6.07, 6.45) is 7.15. The number of nitrogens with one attached hydrogen (secondary N) is 1. The fourth-order valence-electron chi connectivity index (χ4n) is 4.89. The van der Waals surface area contributed by atoms with E-state index in [0.29, 0.717) is 13.0 Å². The van der Waals surface area contributed by atoms with Gasteiger partial charge in [0, 0.05) is 18.4 Å². The molecule has 0 unspecified atom stereocenters. The van der Waals surface area contributed by atoms with Gasteiger partial charge in [0.15, 0.2) is 11.5 Å². The first-order valence-electron chi connectivity index (χ1n) is 10.6. The predicted octanol–water partition coefficient (Wildman–Crippen LogP) is 3.91. The van der Waals surface area contributed by atoms with E-state index in [1.807, 2.05) is 18.2 Å². The normalized spacial score (nSPS) is 18.8. The van der Waals surface area contributed by atoms with Gasteiger partial charge in [-0.2, -0.15) is 0 Å². The summed E-state index contributed by atoms with van der Waals surface area (Å²) in [6.45, 7) is 1.69. The maximum atomic E-state index is 12.7. The smallest absolute Gasteiger partial charge is 0.231 e. The van der Waals surface area contributed by atoms with Gasteiger partial charge in [-0.15, -0.1) is 0 Å². The third kappa shape index (κ3) is 3.66. The minimum atomic E-state index is -0.0271. The van der Waals surface area contributed by atoms with Gasteiger partial charge in [-0.1, -0.05) is 37.5 Å². The number of benzene rings is 2. The van der Waals surface area contributed by atoms with E-state index in [9.17, 15) is 4.79 Å². The highest BCUT2D eigenvalue weighted by atomic mass is 16.7. The molecule has 1 amide bonds. The van der Waals surface area contributed by atoms with Crippen LogP contribution < -0.4 is 19.5 Å². The van der Waals surface area contributed by atoms with Crippen LogP contribution in [0.4, 0.5) is 0 Å². The second-order valence-electron chi connectivity index (χ2n) is 8.40. The second kappa shape index (κ2) is 7.62. The Balaban J connectivity index is 1.29. The van der Waals surface area contributed by atoms with Crippen molar-refractivity contribution in [2.24, 2.45) is 0 Å². The number of ether oxygens (including phenoxy) is 3. The van der Waals surface area contributed by atoms with Crippen molar-refractivity contribution >= 4 is 5.91 Å². The third-order valence-electron chi connectivity index (χ3n) is 6.54. The molecular weight excluding hydrogens is 366 g/mol. The minimum Gasteiger partial charge on any atom is -0.493 e. The Morgan fingerprint density at radius 3 is 2.66 bits per heavy atom. The third-order valence-corrected chi connectivity index (χ3v) is 6.54. The summed E-state index contributed by atoms with van der Waals surface area (Å²) in [5, 5.41) is 3.23. The molecule has 5 nitrogen and oxygen atoms in total. The van der Waals surface area contributed by atoms with E-state index < -0.39 is 0 Å². The van der Waals surface area contributed by atoms with Crippen LogP contribution in [0.3, 0.4) is 0 Å². The lowest BCUT2D eigenvalue weighted by Crippen LogP contribution is -2.42. The second-order valence-corrected chi connectivity index (χ2v) is 8.40. The molecule has 0 aromatic heterocycles. The van der Waals surface area contributed by atoms with Gasteiger partial charge < -0.3 is 19.5 Å². The van der Waals surface area contributed by atoms with Crippen molar-refractivity contribution in [2.45, 2.75) is 50.4 Å². The van der Waals surface area contributed by atoms with E-state index in [-0.39, 0.29) is 18.1 Å². The van der Waals surface area contributed by atoms with Crippen molar-refractivity contribution in [3.63, 3.8) is 0 Å². The van der Waals surface area contributed by atoms with Crippen molar-refractivity contribution in [3.05, 3.63) is 53.1 Å². The number of hydrogen-bond acceptors (Lipinski definition) is 4. The van der Waals surface area contributed by atoms with Crippen LogP contribution in [-0.2, 0) is 23.1 Å². The zero-order valence-corrected chi connectivity index (χ0v) is 16.7. The summed E-state index contributed by atoms with van der Waals surface area (Å²) in [7, 11) is 0. The molecule has 1 fully saturated rings. The summed E-state index contributed by atoms with van der Waals surface area (Å²) in [4.78, 5) is 12.7. The molecule has 2 aromatic rings. The first-order valence-corrected chi connectivity index (χ1v) is 10.6. The SMILES string of the molecule is O=C(Cc1ccc2c(c1)CCO2)NCC1(c2ccc3c(c2)OCO3)CCCCC1. The van der Waals surface area contributed by atoms with E-state index in [1.165, 1.54) is 30.4 Å². The predicted molar refractivity (Wildman–Crippen MR) is 110 cm³/mol. The molecule has 0 spiro atoms. The van der Waals surface area contributed by atoms with E-state index in [4.69, 9.17) is 14.2 Å². The Morgan fingerprint density at radius 1 is 0.931 bits per heavy atom. The van der Waals surface area contributed by atoms with E-state index in [1.54, 1.807) is 0 Å². The Bertz CT molecular complexity index is 917. The molecule has 2 aromatic carbocycles. The fourth-order valence-corrected chi connectivity index (χ4v) is 4.89. The quantitative estimate of drug-likeness (QED) is 0.837. The molecule has 1 N–H and O–H groups in total. The van der Waals surface area contributed by atoms with Crippen LogP contribution in [-0.4, -0.2) is 25.9 Å². The number of amides is 1. The number of carbonyl (C=O) groups excluding carboxylic acids is 1. The fraction of sp³-hybridized carbons (Fsp3) is 0.458. The molecule has 0 saturated heterocycles. The number of carbonyl (C=O) groups is 1. The average molecular weight is 393 g/mol. The van der Waals surface area contributed by atoms with Crippen molar-refractivity contribution in [1.29, 1.82) is 0 Å². The van der Waals surface area contributed by atoms with Gasteiger partial charge in [-0.05, 0) is 47.7 Å². The van der Waals surface area contributed by atoms with Crippen molar-refractivity contribution in [1.82, 2.24) is 5.32 Å². The first kappa shape index (κ1) is 18.3. The van der Waals surface area contributed by atoms with Gasteiger partial charge in [-0.3, -0.25) is 4.79 Å². The average Bonchev–Trinajstić information content (AvgIpc) is 3.41. The van der Waals surface area contributed by atoms with E-state index in [2.05, 4.69) is 23.5 Å². The van der Waals surface area contributed by atoms with Crippen LogP contribution in [0.15, 0.2) is 36.4 Å². The Kier molecular flexibility index (Phi) is 4.82. The van der Waals surface area contributed by atoms with Gasteiger partial charge in [0.25, 0.3) is 0 Å². The zero-order chi connectivity index (χ0) is 19.7. The standard InChI is InChI=1S/C24H27NO4/c26-23(13-17-4-6-20-18(12-17)8-11-27-20)25-15-24(9-2-1-3-10-24)19-5-7-21-22(14-19)29-16-28-21/h4-7,12,14H,1-3,8-11,13,15-16H2,(H,25,26). The van der Waals surface area contributed by atoms with Gasteiger partial charge in [0.05, 0.1) is 13.0 Å². The summed E-state index contributed by atoms with van der Waals surface area (Å²) in [5.74, 6) is 2.66. The van der Waals surface area contributed by atoms with Gasteiger partial charge in [0.2, 0.25) is 12.7 Å². The molecule has 0 radical (unpaired) electrons. The van der Waals surface area contributed by atoms with Gasteiger partial charge >= 0.3 is 0 Å². The van der Waals surface area contributed by atoms with Gasteiger partial charge in [-0.25, -0.2) is 0 Å². The van der Waals surface area contributed by atoms with Gasteiger partial charge in [0.1, 0.15) is 5.75 Å². The highest BCUT2D eigenvalue weighted by Gasteiger charge is 2.35. The zero-order valence-electron chi connectivity index (χ0n) is 16.7. The topological polar surface area (TPSA) is 56.8 Å². The molecule has 5 heteroatoms. The van der Waals surface area contributed by atoms with Crippen LogP contribution in [0.25, 0.3) is 0 Å². The Labute approximate surface area is 171 Å². The van der Waals surface area contributed by atoms with Crippen molar-refractivity contribution < 1.29 is 19.0 Å². The number of fused-ring (bicyclic) bond motifs is 2. The summed E-state index contributed by atoms with van der Waals surface area (Å²) in [6, 6.07) is 12.3. The minimum absolute atomic E-state index is 0.0271. The van der Waals surface area contributed by atoms with Crippen molar-refractivity contribution in [3.8, 4) is 17.2 Å².